The first-order valence-electron chi connectivity index (χ1n) is 6.82. The molecule has 0 spiro atoms. The van der Waals surface area contributed by atoms with Crippen LogP contribution in [0.15, 0.2) is 11.4 Å². The summed E-state index contributed by atoms with van der Waals surface area (Å²) in [6.07, 6.45) is 2.22. The smallest absolute Gasteiger partial charge is 0.364 e. The van der Waals surface area contributed by atoms with E-state index in [1.165, 1.54) is 0 Å². The van der Waals surface area contributed by atoms with Crippen molar-refractivity contribution in [3.63, 3.8) is 0 Å². The molecular weight excluding hydrogens is 263 g/mol. The molecule has 3 nitrogen and oxygen atoms in total. The molecule has 1 N–H and O–H groups in total. The number of carboxylic acids is 1. The second-order valence-corrected chi connectivity index (χ2v) is 11.6. The molecule has 19 heavy (non-hydrogen) atoms. The summed E-state index contributed by atoms with van der Waals surface area (Å²) in [5.74, 6) is -2.49. The van der Waals surface area contributed by atoms with E-state index in [1.54, 1.807) is 0 Å². The maximum atomic E-state index is 13.6. The van der Waals surface area contributed by atoms with E-state index < -0.39 is 20.1 Å². The molecule has 0 aliphatic heterocycles. The predicted octanol–water partition coefficient (Wildman–Crippen LogP) is 4.12. The minimum absolute atomic E-state index is 0.0646. The normalized spacial score (nSPS) is 23.6. The number of aliphatic carboxylic acids is 1. The summed E-state index contributed by atoms with van der Waals surface area (Å²) in [6.45, 7) is 11.2. The molecular formula is C14H25FO3Si. The Morgan fingerprint density at radius 2 is 2.05 bits per heavy atom. The van der Waals surface area contributed by atoms with Gasteiger partial charge in [-0.25, -0.2) is 4.79 Å². The Kier molecular flexibility index (Phi) is 4.95. The fourth-order valence-corrected chi connectivity index (χ4v) is 3.10. The Morgan fingerprint density at radius 3 is 2.53 bits per heavy atom. The fourth-order valence-electron chi connectivity index (χ4n) is 2.05. The van der Waals surface area contributed by atoms with E-state index in [-0.39, 0.29) is 11.0 Å². The van der Waals surface area contributed by atoms with Gasteiger partial charge in [-0.3, -0.25) is 0 Å². The summed E-state index contributed by atoms with van der Waals surface area (Å²) in [6, 6.07) is 0. The minimum atomic E-state index is -1.86. The topological polar surface area (TPSA) is 46.5 Å². The van der Waals surface area contributed by atoms with E-state index in [2.05, 4.69) is 33.9 Å². The lowest BCUT2D eigenvalue weighted by Crippen LogP contribution is -2.41. The molecule has 0 saturated heterocycles. The second kappa shape index (κ2) is 5.75. The van der Waals surface area contributed by atoms with Gasteiger partial charge in [0.25, 0.3) is 0 Å². The van der Waals surface area contributed by atoms with Crippen LogP contribution in [-0.4, -0.2) is 26.0 Å². The lowest BCUT2D eigenvalue weighted by Gasteiger charge is -2.37. The van der Waals surface area contributed by atoms with Crippen LogP contribution in [0.25, 0.3) is 0 Å². The van der Waals surface area contributed by atoms with Crippen molar-refractivity contribution in [2.75, 3.05) is 6.61 Å². The predicted molar refractivity (Wildman–Crippen MR) is 76.3 cm³/mol. The monoisotopic (exact) mass is 288 g/mol. The highest BCUT2D eigenvalue weighted by Crippen LogP contribution is 2.39. The van der Waals surface area contributed by atoms with Crippen molar-refractivity contribution < 1.29 is 18.7 Å². The first-order chi connectivity index (χ1) is 8.56. The average molecular weight is 288 g/mol. The number of halogens is 1. The highest BCUT2D eigenvalue weighted by molar-refractivity contribution is 6.74. The van der Waals surface area contributed by atoms with E-state index in [4.69, 9.17) is 9.53 Å². The highest BCUT2D eigenvalue weighted by atomic mass is 28.4. The van der Waals surface area contributed by atoms with Gasteiger partial charge in [0, 0.05) is 12.5 Å². The number of carboxylic acid groups (broad SMARTS) is 1. The molecule has 1 saturated carbocycles. The number of rotatable bonds is 4. The van der Waals surface area contributed by atoms with E-state index in [9.17, 15) is 9.18 Å². The lowest BCUT2D eigenvalue weighted by molar-refractivity contribution is -0.134. The zero-order valence-electron chi connectivity index (χ0n) is 12.5. The Hall–Kier alpha value is -0.683. The van der Waals surface area contributed by atoms with E-state index in [0.29, 0.717) is 18.6 Å². The number of hydrogen-bond acceptors (Lipinski definition) is 2. The maximum Gasteiger partial charge on any atom is 0.364 e. The third kappa shape index (κ3) is 3.89. The number of hydrogen-bond donors (Lipinski definition) is 1. The van der Waals surface area contributed by atoms with E-state index in [0.717, 1.165) is 12.8 Å². The summed E-state index contributed by atoms with van der Waals surface area (Å²) < 4.78 is 19.7. The van der Waals surface area contributed by atoms with Gasteiger partial charge in [0.2, 0.25) is 5.83 Å². The third-order valence-electron chi connectivity index (χ3n) is 4.41. The maximum absolute atomic E-state index is 13.6. The summed E-state index contributed by atoms with van der Waals surface area (Å²) in [5, 5.41) is 8.86. The summed E-state index contributed by atoms with van der Waals surface area (Å²) >= 11 is 0. The molecule has 0 aromatic rings. The summed E-state index contributed by atoms with van der Waals surface area (Å²) in [5.41, 5.74) is 0.436. The van der Waals surface area contributed by atoms with Crippen molar-refractivity contribution in [3.8, 4) is 0 Å². The van der Waals surface area contributed by atoms with Crippen LogP contribution in [0.5, 0.6) is 0 Å². The first kappa shape index (κ1) is 16.4. The van der Waals surface area contributed by atoms with Gasteiger partial charge in [0.05, 0.1) is 0 Å². The van der Waals surface area contributed by atoms with Gasteiger partial charge in [0.1, 0.15) is 0 Å². The molecule has 1 aliphatic carbocycles. The van der Waals surface area contributed by atoms with Crippen LogP contribution >= 0.6 is 0 Å². The second-order valence-electron chi connectivity index (χ2n) is 6.80. The average Bonchev–Trinajstić information content (AvgIpc) is 2.71. The quantitative estimate of drug-likeness (QED) is 0.625. The zero-order valence-corrected chi connectivity index (χ0v) is 13.5. The highest BCUT2D eigenvalue weighted by Gasteiger charge is 2.38. The summed E-state index contributed by atoms with van der Waals surface area (Å²) in [7, 11) is -1.86. The van der Waals surface area contributed by atoms with Gasteiger partial charge < -0.3 is 9.53 Å². The molecule has 1 atom stereocenters. The molecule has 1 fully saturated rings. The van der Waals surface area contributed by atoms with Crippen molar-refractivity contribution in [2.45, 2.75) is 58.2 Å². The Labute approximate surface area is 116 Å². The van der Waals surface area contributed by atoms with Crippen LogP contribution in [0.3, 0.4) is 0 Å². The van der Waals surface area contributed by atoms with Crippen LogP contribution in [0.2, 0.25) is 18.1 Å². The molecule has 0 radical (unpaired) electrons. The van der Waals surface area contributed by atoms with Crippen molar-refractivity contribution in [1.82, 2.24) is 0 Å². The van der Waals surface area contributed by atoms with Gasteiger partial charge in [-0.2, -0.15) is 4.39 Å². The fraction of sp³-hybridized carbons (Fsp3) is 0.786. The zero-order chi connectivity index (χ0) is 14.8. The largest absolute Gasteiger partial charge is 0.476 e. The van der Waals surface area contributed by atoms with Crippen LogP contribution < -0.4 is 0 Å². The van der Waals surface area contributed by atoms with Crippen molar-refractivity contribution in [2.24, 2.45) is 5.92 Å². The van der Waals surface area contributed by atoms with E-state index >= 15 is 0 Å². The molecule has 0 aromatic carbocycles. The molecule has 1 rings (SSSR count). The van der Waals surface area contributed by atoms with Gasteiger partial charge in [-0.05, 0) is 43.0 Å². The van der Waals surface area contributed by atoms with Crippen LogP contribution in [0, 0.1) is 5.92 Å². The van der Waals surface area contributed by atoms with Crippen LogP contribution in [-0.2, 0) is 9.22 Å². The van der Waals surface area contributed by atoms with Gasteiger partial charge in [-0.1, -0.05) is 20.8 Å². The Morgan fingerprint density at radius 1 is 1.47 bits per heavy atom. The van der Waals surface area contributed by atoms with Crippen LogP contribution in [0.1, 0.15) is 40.0 Å². The van der Waals surface area contributed by atoms with Crippen molar-refractivity contribution in [1.29, 1.82) is 0 Å². The van der Waals surface area contributed by atoms with Gasteiger partial charge in [-0.15, -0.1) is 0 Å². The van der Waals surface area contributed by atoms with Crippen molar-refractivity contribution in [3.05, 3.63) is 11.4 Å². The SMILES string of the molecule is CC(C)(C)[Si](C)(C)OCC1CCCC1=C(F)C(=O)O. The third-order valence-corrected chi connectivity index (χ3v) is 8.91. The molecule has 1 unspecified atom stereocenters. The van der Waals surface area contributed by atoms with Gasteiger partial charge in [0.15, 0.2) is 8.32 Å². The number of carbonyl (C=O) groups is 1. The minimum Gasteiger partial charge on any atom is -0.476 e. The standard InChI is InChI=1S/C14H25FO3Si/c1-14(2,3)19(4,5)18-9-10-7-6-8-11(10)12(15)13(16)17/h10H,6-9H2,1-5H3,(H,16,17). The molecule has 1 aliphatic rings. The molecule has 0 heterocycles. The molecule has 0 aromatic heterocycles. The molecule has 0 bridgehead atoms. The van der Waals surface area contributed by atoms with Crippen LogP contribution in [0.4, 0.5) is 4.39 Å². The molecule has 110 valence electrons. The lowest BCUT2D eigenvalue weighted by atomic mass is 10.0. The van der Waals surface area contributed by atoms with Crippen molar-refractivity contribution >= 4 is 14.3 Å². The Bertz CT molecular complexity index is 383. The van der Waals surface area contributed by atoms with Gasteiger partial charge >= 0.3 is 5.97 Å². The first-order valence-corrected chi connectivity index (χ1v) is 9.73. The molecule has 5 heteroatoms. The summed E-state index contributed by atoms with van der Waals surface area (Å²) in [4.78, 5) is 10.7. The Balaban J connectivity index is 2.73. The molecule has 0 amide bonds. The van der Waals surface area contributed by atoms with E-state index in [1.807, 2.05) is 0 Å².